The van der Waals surface area contributed by atoms with Gasteiger partial charge in [0.2, 0.25) is 0 Å². The van der Waals surface area contributed by atoms with E-state index in [2.05, 4.69) is 40.0 Å². The number of rotatable bonds is 3. The van der Waals surface area contributed by atoms with Gasteiger partial charge in [0, 0.05) is 18.5 Å². The Labute approximate surface area is 145 Å². The summed E-state index contributed by atoms with van der Waals surface area (Å²) in [6.45, 7) is 0.679. The van der Waals surface area contributed by atoms with Gasteiger partial charge in [-0.15, -0.1) is 11.3 Å². The molecule has 0 bridgehead atoms. The first-order valence-electron chi connectivity index (χ1n) is 6.00. The van der Waals surface area contributed by atoms with Crippen LogP contribution in [0.2, 0.25) is 10.0 Å². The third kappa shape index (κ3) is 2.91. The number of hydrogen-bond acceptors (Lipinski definition) is 2. The Morgan fingerprint density at radius 1 is 1.10 bits per heavy atom. The summed E-state index contributed by atoms with van der Waals surface area (Å²) in [5.41, 5.74) is 0.931. The Morgan fingerprint density at radius 3 is 2.65 bits per heavy atom. The summed E-state index contributed by atoms with van der Waals surface area (Å²) in [6, 6.07) is 14.1. The van der Waals surface area contributed by atoms with Crippen molar-refractivity contribution in [1.82, 2.24) is 0 Å². The average molecular weight is 434 g/mol. The van der Waals surface area contributed by atoms with Crippen molar-refractivity contribution >= 4 is 72.9 Å². The lowest BCUT2D eigenvalue weighted by Gasteiger charge is -2.07. The van der Waals surface area contributed by atoms with Crippen LogP contribution in [0.15, 0.2) is 42.5 Å². The minimum atomic E-state index is 0.679. The molecule has 0 spiro atoms. The Morgan fingerprint density at radius 2 is 1.90 bits per heavy atom. The third-order valence-corrected chi connectivity index (χ3v) is 5.67. The van der Waals surface area contributed by atoms with Crippen LogP contribution in [0, 0.1) is 3.57 Å². The maximum atomic E-state index is 6.42. The highest BCUT2D eigenvalue weighted by atomic mass is 127. The number of thiophene rings is 1. The van der Waals surface area contributed by atoms with E-state index in [0.717, 1.165) is 29.6 Å². The second-order valence-electron chi connectivity index (χ2n) is 4.31. The highest BCUT2D eigenvalue weighted by molar-refractivity contribution is 14.1. The Bertz CT molecular complexity index is 770. The second kappa shape index (κ2) is 6.10. The molecule has 0 aliphatic rings. The van der Waals surface area contributed by atoms with Crippen molar-refractivity contribution in [1.29, 1.82) is 0 Å². The summed E-state index contributed by atoms with van der Waals surface area (Å²) >= 11 is 16.6. The molecule has 0 unspecified atom stereocenters. The van der Waals surface area contributed by atoms with Crippen LogP contribution in [0.25, 0.3) is 10.1 Å². The van der Waals surface area contributed by atoms with Gasteiger partial charge < -0.3 is 5.32 Å². The molecular weight excluding hydrogens is 424 g/mol. The van der Waals surface area contributed by atoms with Crippen molar-refractivity contribution in [3.8, 4) is 0 Å². The SMILES string of the molecule is Clc1cc(I)ccc1NCc1sc2ccccc2c1Cl. The molecule has 20 heavy (non-hydrogen) atoms. The molecule has 5 heteroatoms. The van der Waals surface area contributed by atoms with E-state index in [0.29, 0.717) is 6.54 Å². The lowest BCUT2D eigenvalue weighted by atomic mass is 10.2. The maximum Gasteiger partial charge on any atom is 0.0648 e. The van der Waals surface area contributed by atoms with Gasteiger partial charge in [-0.1, -0.05) is 41.4 Å². The molecule has 0 radical (unpaired) electrons. The van der Waals surface area contributed by atoms with E-state index in [9.17, 15) is 0 Å². The second-order valence-corrected chi connectivity index (χ2v) is 7.48. The zero-order valence-corrected chi connectivity index (χ0v) is 14.8. The summed E-state index contributed by atoms with van der Waals surface area (Å²) in [5.74, 6) is 0. The van der Waals surface area contributed by atoms with E-state index in [4.69, 9.17) is 23.2 Å². The number of anilines is 1. The van der Waals surface area contributed by atoms with Crippen molar-refractivity contribution in [3.05, 3.63) is 61.0 Å². The molecule has 1 N–H and O–H groups in total. The average Bonchev–Trinajstić information content (AvgIpc) is 2.75. The smallest absolute Gasteiger partial charge is 0.0648 e. The van der Waals surface area contributed by atoms with Crippen LogP contribution in [-0.2, 0) is 6.54 Å². The molecule has 3 rings (SSSR count). The van der Waals surface area contributed by atoms with Crippen LogP contribution < -0.4 is 5.32 Å². The first-order valence-corrected chi connectivity index (χ1v) is 8.65. The molecule has 0 saturated heterocycles. The first kappa shape index (κ1) is 14.4. The Balaban J connectivity index is 1.85. The van der Waals surface area contributed by atoms with Gasteiger partial charge in [0.1, 0.15) is 0 Å². The zero-order valence-electron chi connectivity index (χ0n) is 10.3. The highest BCUT2D eigenvalue weighted by Gasteiger charge is 2.10. The van der Waals surface area contributed by atoms with Crippen molar-refractivity contribution in [3.63, 3.8) is 0 Å². The molecule has 1 aromatic heterocycles. The molecule has 2 aromatic carbocycles. The van der Waals surface area contributed by atoms with Crippen molar-refractivity contribution in [2.24, 2.45) is 0 Å². The summed E-state index contributed by atoms with van der Waals surface area (Å²) in [7, 11) is 0. The van der Waals surface area contributed by atoms with Gasteiger partial charge in [0.05, 0.1) is 22.3 Å². The Kier molecular flexibility index (Phi) is 4.40. The predicted octanol–water partition coefficient (Wildman–Crippen LogP) is 6.42. The van der Waals surface area contributed by atoms with Gasteiger partial charge in [-0.2, -0.15) is 0 Å². The quantitative estimate of drug-likeness (QED) is 0.469. The van der Waals surface area contributed by atoms with Crippen LogP contribution in [0.4, 0.5) is 5.69 Å². The van der Waals surface area contributed by atoms with Crippen LogP contribution in [0.1, 0.15) is 4.88 Å². The molecule has 0 fully saturated rings. The predicted molar refractivity (Wildman–Crippen MR) is 98.3 cm³/mol. The van der Waals surface area contributed by atoms with Crippen LogP contribution >= 0.6 is 57.1 Å². The lowest BCUT2D eigenvalue weighted by molar-refractivity contribution is 1.19. The Hall–Kier alpha value is -0.490. The van der Waals surface area contributed by atoms with Crippen molar-refractivity contribution < 1.29 is 0 Å². The molecule has 1 nitrogen and oxygen atoms in total. The largest absolute Gasteiger partial charge is 0.379 e. The van der Waals surface area contributed by atoms with E-state index < -0.39 is 0 Å². The van der Waals surface area contributed by atoms with Crippen LogP contribution in [-0.4, -0.2) is 0 Å². The fourth-order valence-corrected chi connectivity index (χ4v) is 4.35. The lowest BCUT2D eigenvalue weighted by Crippen LogP contribution is -1.98. The summed E-state index contributed by atoms with van der Waals surface area (Å²) in [4.78, 5) is 1.13. The fourth-order valence-electron chi connectivity index (χ4n) is 1.99. The topological polar surface area (TPSA) is 12.0 Å². The molecule has 0 atom stereocenters. The first-order chi connectivity index (χ1) is 9.65. The molecule has 0 aliphatic heterocycles. The molecule has 3 aromatic rings. The van der Waals surface area contributed by atoms with Crippen molar-refractivity contribution in [2.75, 3.05) is 5.32 Å². The molecular formula is C15H10Cl2INS. The van der Waals surface area contributed by atoms with Gasteiger partial charge in [0.15, 0.2) is 0 Å². The van der Waals surface area contributed by atoms with Gasteiger partial charge in [-0.25, -0.2) is 0 Å². The van der Waals surface area contributed by atoms with E-state index >= 15 is 0 Å². The molecule has 1 heterocycles. The van der Waals surface area contributed by atoms with Gasteiger partial charge >= 0.3 is 0 Å². The summed E-state index contributed by atoms with van der Waals surface area (Å²) in [5, 5.41) is 6.03. The van der Waals surface area contributed by atoms with E-state index in [1.807, 2.05) is 30.3 Å². The van der Waals surface area contributed by atoms with E-state index in [-0.39, 0.29) is 0 Å². The number of benzene rings is 2. The van der Waals surface area contributed by atoms with Gasteiger partial charge in [0.25, 0.3) is 0 Å². The molecule has 0 amide bonds. The molecule has 102 valence electrons. The van der Waals surface area contributed by atoms with E-state index in [1.165, 1.54) is 4.70 Å². The molecule has 0 saturated carbocycles. The van der Waals surface area contributed by atoms with Gasteiger partial charge in [-0.3, -0.25) is 0 Å². The number of nitrogens with one attached hydrogen (secondary N) is 1. The number of hydrogen-bond donors (Lipinski definition) is 1. The third-order valence-electron chi connectivity index (χ3n) is 2.97. The minimum Gasteiger partial charge on any atom is -0.379 e. The summed E-state index contributed by atoms with van der Waals surface area (Å²) in [6.07, 6.45) is 0. The molecule has 0 aliphatic carbocycles. The fraction of sp³-hybridized carbons (Fsp3) is 0.0667. The number of fused-ring (bicyclic) bond motifs is 1. The normalized spacial score (nSPS) is 10.9. The highest BCUT2D eigenvalue weighted by Crippen LogP contribution is 2.36. The van der Waals surface area contributed by atoms with Crippen LogP contribution in [0.5, 0.6) is 0 Å². The number of halogens is 3. The van der Waals surface area contributed by atoms with Crippen molar-refractivity contribution in [2.45, 2.75) is 6.54 Å². The standard InChI is InChI=1S/C15H10Cl2INS/c16-11-7-9(18)5-6-12(11)19-8-14-15(17)10-3-1-2-4-13(10)20-14/h1-7,19H,8H2. The minimum absolute atomic E-state index is 0.679. The zero-order chi connectivity index (χ0) is 14.1. The van der Waals surface area contributed by atoms with Gasteiger partial charge in [-0.05, 0) is 46.9 Å². The summed E-state index contributed by atoms with van der Waals surface area (Å²) < 4.78 is 2.33. The maximum absolute atomic E-state index is 6.42. The monoisotopic (exact) mass is 433 g/mol. The van der Waals surface area contributed by atoms with Crippen LogP contribution in [0.3, 0.4) is 0 Å². The van der Waals surface area contributed by atoms with E-state index in [1.54, 1.807) is 11.3 Å².